The molecule has 5 nitrogen and oxygen atoms in total. The number of piperidine rings is 1. The molecule has 0 atom stereocenters. The lowest BCUT2D eigenvalue weighted by Crippen LogP contribution is -2.41. The van der Waals surface area contributed by atoms with Crippen LogP contribution in [0.3, 0.4) is 0 Å². The van der Waals surface area contributed by atoms with Crippen LogP contribution < -0.4 is 10.6 Å². The molecule has 1 aliphatic heterocycles. The molecule has 0 bridgehead atoms. The standard InChI is InChI=1S/C22H30N4O/c23-15-19(22(27)25-21-9-5-2-6-10-21)16-24-20-11-13-26(14-12-20)17-18-7-3-1-4-8-18/h1,3-4,7-8,16,20-21,24H,2,5-6,9-14,17H2,(H,25,27)/b19-16-. The third-order valence-corrected chi connectivity index (χ3v) is 5.61. The van der Waals surface area contributed by atoms with E-state index in [0.29, 0.717) is 6.04 Å². The SMILES string of the molecule is N#C/C(=C/NC1CCN(Cc2ccccc2)CC1)C(=O)NC1CCCCC1. The summed E-state index contributed by atoms with van der Waals surface area (Å²) in [5, 5.41) is 15.7. The number of carbonyl (C=O) groups excluding carboxylic acids is 1. The van der Waals surface area contributed by atoms with E-state index in [-0.39, 0.29) is 17.5 Å². The van der Waals surface area contributed by atoms with E-state index in [1.165, 1.54) is 12.0 Å². The van der Waals surface area contributed by atoms with Crippen molar-refractivity contribution in [3.05, 3.63) is 47.7 Å². The quantitative estimate of drug-likeness (QED) is 0.600. The van der Waals surface area contributed by atoms with Crippen LogP contribution in [0.4, 0.5) is 0 Å². The highest BCUT2D eigenvalue weighted by atomic mass is 16.1. The van der Waals surface area contributed by atoms with Crippen LogP contribution in [0.1, 0.15) is 50.5 Å². The Labute approximate surface area is 162 Å². The largest absolute Gasteiger partial charge is 0.387 e. The maximum atomic E-state index is 12.3. The van der Waals surface area contributed by atoms with Gasteiger partial charge in [-0.25, -0.2) is 0 Å². The summed E-state index contributed by atoms with van der Waals surface area (Å²) in [6, 6.07) is 13.1. The first-order valence-electron chi connectivity index (χ1n) is 10.2. The first kappa shape index (κ1) is 19.4. The van der Waals surface area contributed by atoms with E-state index < -0.39 is 0 Å². The molecule has 0 unspecified atom stereocenters. The van der Waals surface area contributed by atoms with Gasteiger partial charge in [-0.15, -0.1) is 0 Å². The van der Waals surface area contributed by atoms with Crippen molar-refractivity contribution < 1.29 is 4.79 Å². The van der Waals surface area contributed by atoms with Crippen molar-refractivity contribution in [1.82, 2.24) is 15.5 Å². The van der Waals surface area contributed by atoms with E-state index in [1.807, 2.05) is 12.1 Å². The number of nitrogens with zero attached hydrogens (tertiary/aromatic N) is 2. The van der Waals surface area contributed by atoms with Crippen LogP contribution >= 0.6 is 0 Å². The Morgan fingerprint density at radius 1 is 1.07 bits per heavy atom. The molecular weight excluding hydrogens is 336 g/mol. The minimum Gasteiger partial charge on any atom is -0.387 e. The minimum absolute atomic E-state index is 0.187. The van der Waals surface area contributed by atoms with E-state index in [2.05, 4.69) is 39.8 Å². The van der Waals surface area contributed by atoms with Gasteiger partial charge in [0.1, 0.15) is 11.6 Å². The number of benzene rings is 1. The highest BCUT2D eigenvalue weighted by molar-refractivity contribution is 5.97. The number of likely N-dealkylation sites (tertiary alicyclic amines) is 1. The Bertz CT molecular complexity index is 665. The Morgan fingerprint density at radius 3 is 2.44 bits per heavy atom. The highest BCUT2D eigenvalue weighted by Crippen LogP contribution is 2.18. The van der Waals surface area contributed by atoms with Crippen LogP contribution in [0.15, 0.2) is 42.1 Å². The van der Waals surface area contributed by atoms with Crippen LogP contribution in [-0.2, 0) is 11.3 Å². The van der Waals surface area contributed by atoms with Gasteiger partial charge in [-0.05, 0) is 31.2 Å². The summed E-state index contributed by atoms with van der Waals surface area (Å²) in [4.78, 5) is 14.8. The van der Waals surface area contributed by atoms with Crippen molar-refractivity contribution in [2.45, 2.75) is 63.6 Å². The third kappa shape index (κ3) is 6.11. The molecule has 2 aliphatic rings. The number of hydrogen-bond acceptors (Lipinski definition) is 4. The second-order valence-electron chi connectivity index (χ2n) is 7.68. The Morgan fingerprint density at radius 2 is 1.78 bits per heavy atom. The lowest BCUT2D eigenvalue weighted by molar-refractivity contribution is -0.118. The van der Waals surface area contributed by atoms with Crippen LogP contribution in [0.25, 0.3) is 0 Å². The van der Waals surface area contributed by atoms with Gasteiger partial charge in [-0.2, -0.15) is 5.26 Å². The highest BCUT2D eigenvalue weighted by Gasteiger charge is 2.20. The average Bonchev–Trinajstić information content (AvgIpc) is 2.71. The predicted octanol–water partition coefficient (Wildman–Crippen LogP) is 3.10. The summed E-state index contributed by atoms with van der Waals surface area (Å²) in [5.41, 5.74) is 1.53. The number of hydrogen-bond donors (Lipinski definition) is 2. The van der Waals surface area contributed by atoms with Gasteiger partial charge in [-0.3, -0.25) is 9.69 Å². The fraction of sp³-hybridized carbons (Fsp3) is 0.545. The zero-order valence-electron chi connectivity index (χ0n) is 16.0. The average molecular weight is 367 g/mol. The molecule has 5 heteroatoms. The smallest absolute Gasteiger partial charge is 0.263 e. The van der Waals surface area contributed by atoms with Crippen molar-refractivity contribution >= 4 is 5.91 Å². The molecule has 1 aliphatic carbocycles. The summed E-state index contributed by atoms with van der Waals surface area (Å²) >= 11 is 0. The molecule has 0 spiro atoms. The molecule has 2 fully saturated rings. The van der Waals surface area contributed by atoms with E-state index in [0.717, 1.165) is 58.2 Å². The van der Waals surface area contributed by atoms with Crippen molar-refractivity contribution in [3.8, 4) is 6.07 Å². The summed E-state index contributed by atoms with van der Waals surface area (Å²) in [7, 11) is 0. The molecule has 1 aromatic carbocycles. The Hall–Kier alpha value is -2.32. The molecule has 1 aromatic rings. The van der Waals surface area contributed by atoms with Gasteiger partial charge in [0.25, 0.3) is 5.91 Å². The molecule has 2 N–H and O–H groups in total. The summed E-state index contributed by atoms with van der Waals surface area (Å²) in [6.07, 6.45) is 9.29. The second-order valence-corrected chi connectivity index (χ2v) is 7.68. The first-order valence-corrected chi connectivity index (χ1v) is 10.2. The van der Waals surface area contributed by atoms with Gasteiger partial charge in [0.15, 0.2) is 0 Å². The molecule has 3 rings (SSSR count). The van der Waals surface area contributed by atoms with Crippen molar-refractivity contribution in [1.29, 1.82) is 5.26 Å². The lowest BCUT2D eigenvalue weighted by Gasteiger charge is -2.32. The van der Waals surface area contributed by atoms with Gasteiger partial charge >= 0.3 is 0 Å². The number of rotatable bonds is 6. The fourth-order valence-electron chi connectivity index (χ4n) is 3.96. The summed E-state index contributed by atoms with van der Waals surface area (Å²) in [6.45, 7) is 3.03. The van der Waals surface area contributed by atoms with Crippen molar-refractivity contribution in [2.24, 2.45) is 0 Å². The topological polar surface area (TPSA) is 68.2 Å². The molecule has 0 radical (unpaired) electrons. The van der Waals surface area contributed by atoms with Crippen LogP contribution in [0.5, 0.6) is 0 Å². The molecule has 1 saturated heterocycles. The zero-order valence-corrected chi connectivity index (χ0v) is 16.0. The normalized spacial score (nSPS) is 20.0. The number of nitrogens with one attached hydrogen (secondary N) is 2. The van der Waals surface area contributed by atoms with Crippen molar-refractivity contribution in [2.75, 3.05) is 13.1 Å². The van der Waals surface area contributed by atoms with Gasteiger partial charge in [0.05, 0.1) is 0 Å². The fourth-order valence-corrected chi connectivity index (χ4v) is 3.96. The van der Waals surface area contributed by atoms with Crippen LogP contribution in [0.2, 0.25) is 0 Å². The summed E-state index contributed by atoms with van der Waals surface area (Å²) < 4.78 is 0. The Balaban J connectivity index is 1.43. The van der Waals surface area contributed by atoms with E-state index in [9.17, 15) is 10.1 Å². The molecule has 27 heavy (non-hydrogen) atoms. The predicted molar refractivity (Wildman–Crippen MR) is 107 cm³/mol. The van der Waals surface area contributed by atoms with Gasteiger partial charge in [-0.1, -0.05) is 49.6 Å². The lowest BCUT2D eigenvalue weighted by atomic mass is 9.95. The third-order valence-electron chi connectivity index (χ3n) is 5.61. The van der Waals surface area contributed by atoms with Crippen LogP contribution in [-0.4, -0.2) is 36.0 Å². The monoisotopic (exact) mass is 366 g/mol. The minimum atomic E-state index is -0.238. The molecule has 1 amide bonds. The summed E-state index contributed by atoms with van der Waals surface area (Å²) in [5.74, 6) is -0.238. The number of carbonyl (C=O) groups is 1. The van der Waals surface area contributed by atoms with E-state index in [4.69, 9.17) is 0 Å². The molecule has 1 saturated carbocycles. The number of nitriles is 1. The maximum Gasteiger partial charge on any atom is 0.263 e. The second kappa shape index (κ2) is 10.1. The van der Waals surface area contributed by atoms with Crippen molar-refractivity contribution in [3.63, 3.8) is 0 Å². The van der Waals surface area contributed by atoms with Gasteiger partial charge in [0.2, 0.25) is 0 Å². The van der Waals surface area contributed by atoms with Gasteiger partial charge in [0, 0.05) is 37.9 Å². The molecular formula is C22H30N4O. The number of amides is 1. The van der Waals surface area contributed by atoms with Gasteiger partial charge < -0.3 is 10.6 Å². The molecule has 0 aromatic heterocycles. The zero-order chi connectivity index (χ0) is 18.9. The Kier molecular flexibility index (Phi) is 7.29. The maximum absolute atomic E-state index is 12.3. The molecule has 1 heterocycles. The molecule has 144 valence electrons. The van der Waals surface area contributed by atoms with E-state index in [1.54, 1.807) is 6.20 Å². The van der Waals surface area contributed by atoms with Crippen LogP contribution in [0, 0.1) is 11.3 Å². The first-order chi connectivity index (χ1) is 13.2. The van der Waals surface area contributed by atoms with E-state index >= 15 is 0 Å².